The average molecular weight is 343 g/mol. The fraction of sp³-hybridized carbons (Fsp3) is 0.400. The van der Waals surface area contributed by atoms with E-state index in [4.69, 9.17) is 9.47 Å². The third-order valence-corrected chi connectivity index (χ3v) is 4.43. The molecule has 0 aliphatic rings. The van der Waals surface area contributed by atoms with Crippen molar-refractivity contribution in [2.75, 3.05) is 7.11 Å². The van der Waals surface area contributed by atoms with Gasteiger partial charge >= 0.3 is 5.97 Å². The maximum absolute atomic E-state index is 12.9. The number of carbonyl (C=O) groups excluding carboxylic acids is 2. The highest BCUT2D eigenvalue weighted by Gasteiger charge is 2.28. The first-order valence-electron chi connectivity index (χ1n) is 8.20. The Morgan fingerprint density at radius 3 is 2.12 bits per heavy atom. The van der Waals surface area contributed by atoms with Crippen molar-refractivity contribution in [3.05, 3.63) is 51.8 Å². The van der Waals surface area contributed by atoms with E-state index < -0.39 is 12.1 Å². The van der Waals surface area contributed by atoms with Crippen LogP contribution in [0.1, 0.15) is 50.2 Å². The van der Waals surface area contributed by atoms with E-state index in [0.717, 1.165) is 16.8 Å². The molecule has 1 unspecified atom stereocenters. The van der Waals surface area contributed by atoms with Gasteiger partial charge in [0.25, 0.3) is 0 Å². The van der Waals surface area contributed by atoms with E-state index in [1.807, 2.05) is 39.0 Å². The Hall–Kier alpha value is -2.56. The highest BCUT2D eigenvalue weighted by molar-refractivity contribution is 6.04. The molecule has 2 rings (SSSR count). The standard InChI is InChI=1S/C20H25NO4/c1-11-8-12(2)10-16(9-11)25-15(5)19(22)17-13(3)18(20(23)24-7)21(6)14(17)4/h8-10,15H,1-7H3. The number of benzene rings is 1. The molecule has 1 aromatic heterocycles. The molecule has 0 amide bonds. The van der Waals surface area contributed by atoms with Gasteiger partial charge in [-0.25, -0.2) is 4.79 Å². The van der Waals surface area contributed by atoms with Gasteiger partial charge in [0.1, 0.15) is 11.4 Å². The smallest absolute Gasteiger partial charge is 0.354 e. The zero-order valence-electron chi connectivity index (χ0n) is 15.9. The predicted molar refractivity (Wildman–Crippen MR) is 96.6 cm³/mol. The molecule has 0 N–H and O–H groups in total. The quantitative estimate of drug-likeness (QED) is 0.614. The Kier molecular flexibility index (Phi) is 5.36. The van der Waals surface area contributed by atoms with E-state index in [1.165, 1.54) is 7.11 Å². The van der Waals surface area contributed by atoms with Crippen molar-refractivity contribution in [2.24, 2.45) is 7.05 Å². The molecule has 0 aliphatic carbocycles. The molecular formula is C20H25NO4. The minimum atomic E-state index is -0.661. The molecule has 25 heavy (non-hydrogen) atoms. The lowest BCUT2D eigenvalue weighted by Crippen LogP contribution is -2.25. The Morgan fingerprint density at radius 2 is 1.60 bits per heavy atom. The number of nitrogens with zero attached hydrogens (tertiary/aromatic N) is 1. The maximum atomic E-state index is 12.9. The summed E-state index contributed by atoms with van der Waals surface area (Å²) in [7, 11) is 3.08. The van der Waals surface area contributed by atoms with Gasteiger partial charge in [0.2, 0.25) is 5.78 Å². The molecule has 0 fully saturated rings. The second-order valence-electron chi connectivity index (χ2n) is 6.43. The highest BCUT2D eigenvalue weighted by atomic mass is 16.5. The summed E-state index contributed by atoms with van der Waals surface area (Å²) in [4.78, 5) is 24.9. The molecule has 1 atom stereocenters. The van der Waals surface area contributed by atoms with Crippen LogP contribution in [0.25, 0.3) is 0 Å². The molecule has 1 aromatic carbocycles. The third-order valence-electron chi connectivity index (χ3n) is 4.43. The number of ketones is 1. The number of esters is 1. The molecule has 0 radical (unpaired) electrons. The number of rotatable bonds is 5. The van der Waals surface area contributed by atoms with Crippen molar-refractivity contribution in [2.45, 2.75) is 40.7 Å². The maximum Gasteiger partial charge on any atom is 0.354 e. The van der Waals surface area contributed by atoms with E-state index in [2.05, 4.69) is 0 Å². The molecular weight excluding hydrogens is 318 g/mol. The minimum Gasteiger partial charge on any atom is -0.483 e. The van der Waals surface area contributed by atoms with Crippen LogP contribution in [0.2, 0.25) is 0 Å². The van der Waals surface area contributed by atoms with E-state index in [0.29, 0.717) is 22.6 Å². The lowest BCUT2D eigenvalue weighted by molar-refractivity contribution is 0.0588. The van der Waals surface area contributed by atoms with Crippen LogP contribution in [0.4, 0.5) is 0 Å². The Balaban J connectivity index is 2.35. The van der Waals surface area contributed by atoms with Crippen molar-refractivity contribution < 1.29 is 19.1 Å². The fourth-order valence-electron chi connectivity index (χ4n) is 3.19. The normalized spacial score (nSPS) is 12.0. The van der Waals surface area contributed by atoms with Crippen LogP contribution >= 0.6 is 0 Å². The lowest BCUT2D eigenvalue weighted by Gasteiger charge is -2.15. The second kappa shape index (κ2) is 7.13. The van der Waals surface area contributed by atoms with Crippen molar-refractivity contribution >= 4 is 11.8 Å². The SMILES string of the molecule is COC(=O)c1c(C)c(C(=O)C(C)Oc2cc(C)cc(C)c2)c(C)n1C. The van der Waals surface area contributed by atoms with Crippen molar-refractivity contribution in [3.63, 3.8) is 0 Å². The summed E-state index contributed by atoms with van der Waals surface area (Å²) in [5, 5.41) is 0. The number of aromatic nitrogens is 1. The first kappa shape index (κ1) is 18.8. The van der Waals surface area contributed by atoms with Gasteiger partial charge in [0, 0.05) is 18.3 Å². The Bertz CT molecular complexity index is 812. The Labute approximate surface area is 148 Å². The number of methoxy groups -OCH3 is 1. The van der Waals surface area contributed by atoms with E-state index >= 15 is 0 Å². The van der Waals surface area contributed by atoms with Crippen LogP contribution in [-0.2, 0) is 11.8 Å². The van der Waals surface area contributed by atoms with Gasteiger partial charge in [0.05, 0.1) is 7.11 Å². The van der Waals surface area contributed by atoms with Crippen LogP contribution in [0.5, 0.6) is 5.75 Å². The van der Waals surface area contributed by atoms with Gasteiger partial charge in [-0.1, -0.05) is 6.07 Å². The number of hydrogen-bond donors (Lipinski definition) is 0. The summed E-state index contributed by atoms with van der Waals surface area (Å²) in [5.74, 6) is 0.0581. The number of Topliss-reactive ketones (excluding diaryl/α,β-unsaturated/α-hetero) is 1. The molecule has 0 spiro atoms. The second-order valence-corrected chi connectivity index (χ2v) is 6.43. The van der Waals surface area contributed by atoms with Gasteiger partial charge in [-0.15, -0.1) is 0 Å². The minimum absolute atomic E-state index is 0.153. The molecule has 0 aliphatic heterocycles. The molecule has 134 valence electrons. The van der Waals surface area contributed by atoms with Gasteiger partial charge in [-0.05, 0) is 63.4 Å². The average Bonchev–Trinajstić information content (AvgIpc) is 2.74. The molecule has 0 saturated carbocycles. The van der Waals surface area contributed by atoms with Gasteiger partial charge in [-0.3, -0.25) is 4.79 Å². The molecule has 1 heterocycles. The van der Waals surface area contributed by atoms with Crippen LogP contribution in [-0.4, -0.2) is 29.5 Å². The summed E-state index contributed by atoms with van der Waals surface area (Å²) >= 11 is 0. The highest BCUT2D eigenvalue weighted by Crippen LogP contribution is 2.25. The topological polar surface area (TPSA) is 57.5 Å². The number of aryl methyl sites for hydroxylation is 2. The van der Waals surface area contributed by atoms with Gasteiger partial charge in [-0.2, -0.15) is 0 Å². The van der Waals surface area contributed by atoms with Crippen LogP contribution < -0.4 is 4.74 Å². The number of carbonyl (C=O) groups is 2. The third kappa shape index (κ3) is 3.60. The summed E-state index contributed by atoms with van der Waals surface area (Å²) in [5.41, 5.74) is 4.40. The molecule has 0 bridgehead atoms. The van der Waals surface area contributed by atoms with Gasteiger partial charge in [0.15, 0.2) is 6.10 Å². The summed E-state index contributed by atoms with van der Waals surface area (Å²) < 4.78 is 12.4. The zero-order chi connectivity index (χ0) is 18.9. The van der Waals surface area contributed by atoms with Crippen molar-refractivity contribution in [1.82, 2.24) is 4.57 Å². The van der Waals surface area contributed by atoms with E-state index in [9.17, 15) is 9.59 Å². The largest absolute Gasteiger partial charge is 0.483 e. The first-order valence-corrected chi connectivity index (χ1v) is 8.20. The fourth-order valence-corrected chi connectivity index (χ4v) is 3.19. The molecule has 5 nitrogen and oxygen atoms in total. The van der Waals surface area contributed by atoms with Crippen molar-refractivity contribution in [3.8, 4) is 5.75 Å². The summed E-state index contributed by atoms with van der Waals surface area (Å²) in [6, 6.07) is 5.86. The first-order chi connectivity index (χ1) is 11.7. The van der Waals surface area contributed by atoms with E-state index in [-0.39, 0.29) is 5.78 Å². The lowest BCUT2D eigenvalue weighted by atomic mass is 10.0. The number of ether oxygens (including phenoxy) is 2. The van der Waals surface area contributed by atoms with Crippen LogP contribution in [0, 0.1) is 27.7 Å². The van der Waals surface area contributed by atoms with Crippen LogP contribution in [0.15, 0.2) is 18.2 Å². The molecule has 0 saturated heterocycles. The van der Waals surface area contributed by atoms with E-state index in [1.54, 1.807) is 25.5 Å². The molecule has 2 aromatic rings. The number of hydrogen-bond acceptors (Lipinski definition) is 4. The zero-order valence-corrected chi connectivity index (χ0v) is 15.9. The predicted octanol–water partition coefficient (Wildman–Crippen LogP) is 3.70. The van der Waals surface area contributed by atoms with Gasteiger partial charge < -0.3 is 14.0 Å². The van der Waals surface area contributed by atoms with Crippen molar-refractivity contribution in [1.29, 1.82) is 0 Å². The molecule has 5 heteroatoms. The van der Waals surface area contributed by atoms with Crippen LogP contribution in [0.3, 0.4) is 0 Å². The monoisotopic (exact) mass is 343 g/mol. The Morgan fingerprint density at radius 1 is 1.04 bits per heavy atom. The summed E-state index contributed by atoms with van der Waals surface area (Å²) in [6.07, 6.45) is -0.661. The summed E-state index contributed by atoms with van der Waals surface area (Å²) in [6.45, 7) is 9.27.